The maximum absolute atomic E-state index is 9.81. The van der Waals surface area contributed by atoms with Gasteiger partial charge in [0.15, 0.2) is 0 Å². The molecule has 0 atom stereocenters. The number of hydrogen-bond donors (Lipinski definition) is 3. The van der Waals surface area contributed by atoms with Crippen LogP contribution in [0.1, 0.15) is 32.1 Å². The molecule has 3 rings (SSSR count). The lowest BCUT2D eigenvalue weighted by Gasteiger charge is -2.35. The summed E-state index contributed by atoms with van der Waals surface area (Å²) in [6, 6.07) is 2.05. The van der Waals surface area contributed by atoms with Gasteiger partial charge in [-0.05, 0) is 24.3 Å². The Balaban J connectivity index is 1.82. The van der Waals surface area contributed by atoms with Crippen molar-refractivity contribution in [2.24, 2.45) is 5.41 Å². The highest BCUT2D eigenvalue weighted by atomic mass is 32.1. The standard InChI is InChI=1S/C15H22N4OS/c1-16-14-18-12(11-5-8-21-13(11)19-14)17-9-15(10-20)6-3-2-4-7-15/h5,8,20H,2-4,6-7,9-10H2,1H3,(H2,16,17,18,19). The Bertz CT molecular complexity index is 607. The number of aliphatic hydroxyl groups is 1. The van der Waals surface area contributed by atoms with E-state index in [4.69, 9.17) is 0 Å². The summed E-state index contributed by atoms with van der Waals surface area (Å²) in [6.45, 7) is 1.02. The quantitative estimate of drug-likeness (QED) is 0.792. The van der Waals surface area contributed by atoms with E-state index in [0.717, 1.165) is 35.4 Å². The molecule has 1 fully saturated rings. The Morgan fingerprint density at radius 1 is 1.29 bits per heavy atom. The molecule has 5 nitrogen and oxygen atoms in total. The fraction of sp³-hybridized carbons (Fsp3) is 0.600. The van der Waals surface area contributed by atoms with Gasteiger partial charge >= 0.3 is 0 Å². The van der Waals surface area contributed by atoms with Crippen LogP contribution in [-0.4, -0.2) is 35.3 Å². The van der Waals surface area contributed by atoms with Gasteiger partial charge in [0.1, 0.15) is 10.6 Å². The van der Waals surface area contributed by atoms with Crippen LogP contribution in [0.4, 0.5) is 11.8 Å². The normalized spacial score (nSPS) is 17.8. The minimum Gasteiger partial charge on any atom is -0.396 e. The van der Waals surface area contributed by atoms with Gasteiger partial charge in [-0.3, -0.25) is 0 Å². The van der Waals surface area contributed by atoms with E-state index < -0.39 is 0 Å². The fourth-order valence-electron chi connectivity index (χ4n) is 3.07. The van der Waals surface area contributed by atoms with Crippen LogP contribution in [-0.2, 0) is 0 Å². The molecular weight excluding hydrogens is 284 g/mol. The van der Waals surface area contributed by atoms with Crippen molar-refractivity contribution >= 4 is 33.3 Å². The number of rotatable bonds is 5. The lowest BCUT2D eigenvalue weighted by molar-refractivity contribution is 0.0943. The van der Waals surface area contributed by atoms with E-state index in [1.165, 1.54) is 19.3 Å². The first-order valence-electron chi connectivity index (χ1n) is 7.54. The summed E-state index contributed by atoms with van der Waals surface area (Å²) in [5.74, 6) is 1.50. The summed E-state index contributed by atoms with van der Waals surface area (Å²) in [6.07, 6.45) is 5.89. The smallest absolute Gasteiger partial charge is 0.225 e. The van der Waals surface area contributed by atoms with E-state index >= 15 is 0 Å². The van der Waals surface area contributed by atoms with Crippen LogP contribution in [0.25, 0.3) is 10.2 Å². The van der Waals surface area contributed by atoms with E-state index in [0.29, 0.717) is 5.95 Å². The first-order valence-corrected chi connectivity index (χ1v) is 8.42. The van der Waals surface area contributed by atoms with Crippen molar-refractivity contribution in [3.05, 3.63) is 11.4 Å². The number of nitrogens with one attached hydrogen (secondary N) is 2. The zero-order chi connectivity index (χ0) is 14.7. The zero-order valence-electron chi connectivity index (χ0n) is 12.4. The van der Waals surface area contributed by atoms with Crippen molar-refractivity contribution in [1.82, 2.24) is 9.97 Å². The summed E-state index contributed by atoms with van der Waals surface area (Å²) in [4.78, 5) is 9.97. The van der Waals surface area contributed by atoms with Crippen molar-refractivity contribution in [3.63, 3.8) is 0 Å². The van der Waals surface area contributed by atoms with Gasteiger partial charge in [0.2, 0.25) is 5.95 Å². The molecule has 1 aliphatic carbocycles. The second-order valence-corrected chi connectivity index (χ2v) is 6.75. The van der Waals surface area contributed by atoms with E-state index in [1.54, 1.807) is 11.3 Å². The third-order valence-corrected chi connectivity index (χ3v) is 5.24. The molecule has 21 heavy (non-hydrogen) atoms. The Kier molecular flexibility index (Phi) is 4.26. The van der Waals surface area contributed by atoms with Gasteiger partial charge in [0, 0.05) is 19.0 Å². The van der Waals surface area contributed by atoms with Crippen LogP contribution in [0.5, 0.6) is 0 Å². The van der Waals surface area contributed by atoms with Gasteiger partial charge < -0.3 is 15.7 Å². The van der Waals surface area contributed by atoms with Gasteiger partial charge in [0.25, 0.3) is 0 Å². The Labute approximate surface area is 128 Å². The van der Waals surface area contributed by atoms with Crippen molar-refractivity contribution in [1.29, 1.82) is 0 Å². The highest BCUT2D eigenvalue weighted by molar-refractivity contribution is 7.16. The molecule has 0 saturated heterocycles. The number of aromatic nitrogens is 2. The molecule has 0 radical (unpaired) electrons. The number of fused-ring (bicyclic) bond motifs is 1. The lowest BCUT2D eigenvalue weighted by Crippen LogP contribution is -2.35. The third-order valence-electron chi connectivity index (χ3n) is 4.43. The van der Waals surface area contributed by atoms with E-state index in [9.17, 15) is 5.11 Å². The van der Waals surface area contributed by atoms with Gasteiger partial charge in [0.05, 0.1) is 12.0 Å². The predicted molar refractivity (Wildman–Crippen MR) is 88.1 cm³/mol. The molecule has 3 N–H and O–H groups in total. The molecule has 0 spiro atoms. The molecule has 0 amide bonds. The van der Waals surface area contributed by atoms with E-state index in [1.807, 2.05) is 18.5 Å². The number of nitrogens with zero attached hydrogens (tertiary/aromatic N) is 2. The molecule has 2 heterocycles. The van der Waals surface area contributed by atoms with E-state index in [2.05, 4.69) is 20.6 Å². The van der Waals surface area contributed by atoms with Gasteiger partial charge in [-0.1, -0.05) is 19.3 Å². The third kappa shape index (κ3) is 2.96. The summed E-state index contributed by atoms with van der Waals surface area (Å²) >= 11 is 1.62. The van der Waals surface area contributed by atoms with Crippen LogP contribution in [0, 0.1) is 5.41 Å². The summed E-state index contributed by atoms with van der Waals surface area (Å²) < 4.78 is 0. The van der Waals surface area contributed by atoms with Crippen LogP contribution in [0.2, 0.25) is 0 Å². The maximum Gasteiger partial charge on any atom is 0.225 e. The van der Waals surface area contributed by atoms with Gasteiger partial charge in [-0.25, -0.2) is 4.98 Å². The first-order chi connectivity index (χ1) is 10.3. The van der Waals surface area contributed by atoms with Crippen LogP contribution < -0.4 is 10.6 Å². The Hall–Kier alpha value is -1.40. The van der Waals surface area contributed by atoms with Crippen molar-refractivity contribution in [2.45, 2.75) is 32.1 Å². The molecule has 114 valence electrons. The highest BCUT2D eigenvalue weighted by Gasteiger charge is 2.31. The molecule has 0 aromatic carbocycles. The fourth-order valence-corrected chi connectivity index (χ4v) is 3.83. The van der Waals surface area contributed by atoms with Gasteiger partial charge in [-0.2, -0.15) is 4.98 Å². The van der Waals surface area contributed by atoms with E-state index in [-0.39, 0.29) is 12.0 Å². The minimum atomic E-state index is 0.00531. The number of anilines is 2. The molecule has 1 aliphatic rings. The molecule has 6 heteroatoms. The van der Waals surface area contributed by atoms with Crippen molar-refractivity contribution < 1.29 is 5.11 Å². The average Bonchev–Trinajstić information content (AvgIpc) is 3.02. The SMILES string of the molecule is CNc1nc(NCC2(CO)CCCCC2)c2ccsc2n1. The lowest BCUT2D eigenvalue weighted by atomic mass is 9.74. The molecule has 0 bridgehead atoms. The Morgan fingerprint density at radius 3 is 2.81 bits per heavy atom. The predicted octanol–water partition coefficient (Wildman–Crippen LogP) is 3.09. The first kappa shape index (κ1) is 14.5. The molecular formula is C15H22N4OS. The molecule has 0 unspecified atom stereocenters. The van der Waals surface area contributed by atoms with Crippen molar-refractivity contribution in [3.8, 4) is 0 Å². The second kappa shape index (κ2) is 6.15. The van der Waals surface area contributed by atoms with Crippen LogP contribution >= 0.6 is 11.3 Å². The zero-order valence-corrected chi connectivity index (χ0v) is 13.2. The molecule has 2 aromatic heterocycles. The average molecular weight is 306 g/mol. The number of thiophene rings is 1. The van der Waals surface area contributed by atoms with Gasteiger partial charge in [-0.15, -0.1) is 11.3 Å². The van der Waals surface area contributed by atoms with Crippen LogP contribution in [0.3, 0.4) is 0 Å². The minimum absolute atomic E-state index is 0.00531. The number of aliphatic hydroxyl groups excluding tert-OH is 1. The maximum atomic E-state index is 9.81. The second-order valence-electron chi connectivity index (χ2n) is 5.86. The largest absolute Gasteiger partial charge is 0.396 e. The van der Waals surface area contributed by atoms with Crippen molar-refractivity contribution in [2.75, 3.05) is 30.8 Å². The summed E-state index contributed by atoms with van der Waals surface area (Å²) in [7, 11) is 1.83. The van der Waals surface area contributed by atoms with Crippen LogP contribution in [0.15, 0.2) is 11.4 Å². The monoisotopic (exact) mass is 306 g/mol. The number of hydrogen-bond acceptors (Lipinski definition) is 6. The summed E-state index contributed by atoms with van der Waals surface area (Å²) in [5, 5.41) is 19.4. The molecule has 2 aromatic rings. The summed E-state index contributed by atoms with van der Waals surface area (Å²) in [5.41, 5.74) is 0.00531. The topological polar surface area (TPSA) is 70.1 Å². The molecule has 1 saturated carbocycles. The Morgan fingerprint density at radius 2 is 2.10 bits per heavy atom. The molecule has 0 aliphatic heterocycles. The highest BCUT2D eigenvalue weighted by Crippen LogP contribution is 2.36.